The van der Waals surface area contributed by atoms with Crippen LogP contribution in [0.5, 0.6) is 0 Å². The van der Waals surface area contributed by atoms with Crippen LogP contribution in [0.3, 0.4) is 0 Å². The zero-order valence-electron chi connectivity index (χ0n) is 12.0. The summed E-state index contributed by atoms with van der Waals surface area (Å²) >= 11 is 0. The SMILES string of the molecule is C=C(C)/C=C(\NC)c1ccc(C#N)c(F)c1.CCC. The Labute approximate surface area is 115 Å². The van der Waals surface area contributed by atoms with Gasteiger partial charge >= 0.3 is 0 Å². The second-order valence-electron chi connectivity index (χ2n) is 4.17. The number of nitrogens with zero attached hydrogens (tertiary/aromatic N) is 1. The van der Waals surface area contributed by atoms with Gasteiger partial charge in [-0.2, -0.15) is 5.26 Å². The predicted octanol–water partition coefficient (Wildman–Crippen LogP) is 4.25. The summed E-state index contributed by atoms with van der Waals surface area (Å²) in [5.41, 5.74) is 2.39. The molecule has 0 saturated heterocycles. The largest absolute Gasteiger partial charge is 0.388 e. The lowest BCUT2D eigenvalue weighted by Gasteiger charge is -2.07. The fourth-order valence-corrected chi connectivity index (χ4v) is 1.32. The van der Waals surface area contributed by atoms with Crippen LogP contribution < -0.4 is 5.32 Å². The minimum Gasteiger partial charge on any atom is -0.388 e. The van der Waals surface area contributed by atoms with Gasteiger partial charge in [0.05, 0.1) is 5.56 Å². The van der Waals surface area contributed by atoms with E-state index in [0.717, 1.165) is 11.3 Å². The summed E-state index contributed by atoms with van der Waals surface area (Å²) in [4.78, 5) is 0. The minimum absolute atomic E-state index is 0.0505. The fraction of sp³-hybridized carbons (Fsp3) is 0.312. The Morgan fingerprint density at radius 1 is 1.47 bits per heavy atom. The van der Waals surface area contributed by atoms with Gasteiger partial charge in [0.25, 0.3) is 0 Å². The molecule has 19 heavy (non-hydrogen) atoms. The molecule has 102 valence electrons. The Hall–Kier alpha value is -2.08. The maximum absolute atomic E-state index is 13.4. The highest BCUT2D eigenvalue weighted by Crippen LogP contribution is 2.16. The first kappa shape index (κ1) is 16.9. The van der Waals surface area contributed by atoms with Crippen LogP contribution in [0.1, 0.15) is 38.3 Å². The molecular weight excluding hydrogens is 239 g/mol. The van der Waals surface area contributed by atoms with E-state index in [9.17, 15) is 4.39 Å². The molecule has 0 radical (unpaired) electrons. The predicted molar refractivity (Wildman–Crippen MR) is 78.9 cm³/mol. The second kappa shape index (κ2) is 8.93. The highest BCUT2D eigenvalue weighted by molar-refractivity contribution is 5.66. The Kier molecular flexibility index (Phi) is 7.95. The smallest absolute Gasteiger partial charge is 0.141 e. The number of halogens is 1. The van der Waals surface area contributed by atoms with Crippen molar-refractivity contribution in [3.8, 4) is 6.07 Å². The van der Waals surface area contributed by atoms with Gasteiger partial charge in [0.2, 0.25) is 0 Å². The van der Waals surface area contributed by atoms with Crippen molar-refractivity contribution < 1.29 is 4.39 Å². The van der Waals surface area contributed by atoms with Gasteiger partial charge in [-0.05, 0) is 25.1 Å². The average molecular weight is 260 g/mol. The maximum Gasteiger partial charge on any atom is 0.141 e. The normalized spacial score (nSPS) is 10.0. The van der Waals surface area contributed by atoms with Crippen molar-refractivity contribution in [3.05, 3.63) is 53.4 Å². The lowest BCUT2D eigenvalue weighted by atomic mass is 10.1. The molecule has 0 aliphatic carbocycles. The second-order valence-corrected chi connectivity index (χ2v) is 4.17. The number of hydrogen-bond donors (Lipinski definition) is 1. The molecule has 0 aromatic heterocycles. The van der Waals surface area contributed by atoms with Crippen LogP contribution in [0.15, 0.2) is 36.4 Å². The molecule has 0 fully saturated rings. The molecule has 0 unspecified atom stereocenters. The van der Waals surface area contributed by atoms with Crippen molar-refractivity contribution in [1.82, 2.24) is 5.32 Å². The summed E-state index contributed by atoms with van der Waals surface area (Å²) in [6.07, 6.45) is 3.07. The van der Waals surface area contributed by atoms with E-state index in [-0.39, 0.29) is 5.56 Å². The maximum atomic E-state index is 13.4. The highest BCUT2D eigenvalue weighted by Gasteiger charge is 2.05. The third-order valence-electron chi connectivity index (χ3n) is 2.06. The lowest BCUT2D eigenvalue weighted by molar-refractivity contribution is 0.623. The van der Waals surface area contributed by atoms with Crippen molar-refractivity contribution in [2.24, 2.45) is 0 Å². The van der Waals surface area contributed by atoms with E-state index in [0.29, 0.717) is 5.56 Å². The third-order valence-corrected chi connectivity index (χ3v) is 2.06. The van der Waals surface area contributed by atoms with Crippen LogP contribution in [0, 0.1) is 17.1 Å². The Bertz CT molecular complexity index is 496. The van der Waals surface area contributed by atoms with E-state index < -0.39 is 5.82 Å². The first-order valence-electron chi connectivity index (χ1n) is 6.25. The van der Waals surface area contributed by atoms with Crippen LogP contribution in [0.25, 0.3) is 5.70 Å². The number of nitriles is 1. The van der Waals surface area contributed by atoms with E-state index in [1.807, 2.05) is 13.0 Å². The summed E-state index contributed by atoms with van der Waals surface area (Å²) in [6.45, 7) is 9.87. The Balaban J connectivity index is 0.000000982. The number of hydrogen-bond acceptors (Lipinski definition) is 2. The van der Waals surface area contributed by atoms with Crippen molar-refractivity contribution in [3.63, 3.8) is 0 Å². The molecule has 0 heterocycles. The van der Waals surface area contributed by atoms with E-state index in [4.69, 9.17) is 5.26 Å². The van der Waals surface area contributed by atoms with Crippen molar-refractivity contribution in [2.45, 2.75) is 27.2 Å². The van der Waals surface area contributed by atoms with Crippen LogP contribution in [-0.2, 0) is 0 Å². The summed E-state index contributed by atoms with van der Waals surface area (Å²) in [7, 11) is 1.75. The number of nitrogens with one attached hydrogen (secondary N) is 1. The molecule has 1 aromatic carbocycles. The molecule has 0 amide bonds. The molecule has 0 saturated carbocycles. The Morgan fingerprint density at radius 3 is 2.42 bits per heavy atom. The Morgan fingerprint density at radius 2 is 2.05 bits per heavy atom. The van der Waals surface area contributed by atoms with Crippen molar-refractivity contribution in [1.29, 1.82) is 5.26 Å². The first-order chi connectivity index (χ1) is 8.99. The molecule has 0 aliphatic heterocycles. The molecular formula is C16H21FN2. The number of allylic oxidation sites excluding steroid dienone is 2. The van der Waals surface area contributed by atoms with Crippen LogP contribution in [-0.4, -0.2) is 7.05 Å². The monoisotopic (exact) mass is 260 g/mol. The molecule has 0 bridgehead atoms. The molecule has 1 aromatic rings. The topological polar surface area (TPSA) is 35.8 Å². The summed E-state index contributed by atoms with van der Waals surface area (Å²) in [6, 6.07) is 6.29. The van der Waals surface area contributed by atoms with Gasteiger partial charge in [-0.25, -0.2) is 4.39 Å². The standard InChI is InChI=1S/C13H13FN2.C3H8/c1-9(2)6-13(16-3)10-4-5-11(8-15)12(14)7-10;1-3-2/h4-7,16H,1H2,2-3H3;3H2,1-2H3/b13-6-;. The van der Waals surface area contributed by atoms with E-state index in [2.05, 4.69) is 25.7 Å². The van der Waals surface area contributed by atoms with Gasteiger partial charge in [-0.15, -0.1) is 0 Å². The van der Waals surface area contributed by atoms with Gasteiger partial charge in [0, 0.05) is 18.3 Å². The minimum atomic E-state index is -0.511. The molecule has 0 atom stereocenters. The zero-order chi connectivity index (χ0) is 14.8. The summed E-state index contributed by atoms with van der Waals surface area (Å²) in [5, 5.41) is 11.6. The van der Waals surface area contributed by atoms with Crippen molar-refractivity contribution >= 4 is 5.70 Å². The van der Waals surface area contributed by atoms with Crippen LogP contribution >= 0.6 is 0 Å². The van der Waals surface area contributed by atoms with Gasteiger partial charge in [0.15, 0.2) is 0 Å². The van der Waals surface area contributed by atoms with Crippen molar-refractivity contribution in [2.75, 3.05) is 7.05 Å². The average Bonchev–Trinajstić information content (AvgIpc) is 2.36. The van der Waals surface area contributed by atoms with Gasteiger partial charge in [0.1, 0.15) is 11.9 Å². The van der Waals surface area contributed by atoms with E-state index in [1.165, 1.54) is 18.6 Å². The van der Waals surface area contributed by atoms with E-state index in [1.54, 1.807) is 19.2 Å². The highest BCUT2D eigenvalue weighted by atomic mass is 19.1. The molecule has 0 aliphatic rings. The van der Waals surface area contributed by atoms with Gasteiger partial charge in [-0.3, -0.25) is 0 Å². The molecule has 1 N–H and O–H groups in total. The molecule has 3 heteroatoms. The zero-order valence-corrected chi connectivity index (χ0v) is 12.0. The first-order valence-corrected chi connectivity index (χ1v) is 6.25. The quantitative estimate of drug-likeness (QED) is 0.825. The number of rotatable bonds is 3. The third kappa shape index (κ3) is 5.87. The van der Waals surface area contributed by atoms with Crippen LogP contribution in [0.2, 0.25) is 0 Å². The van der Waals surface area contributed by atoms with Gasteiger partial charge < -0.3 is 5.32 Å². The van der Waals surface area contributed by atoms with Gasteiger partial charge in [-0.1, -0.05) is 38.5 Å². The van der Waals surface area contributed by atoms with Crippen LogP contribution in [0.4, 0.5) is 4.39 Å². The fourth-order valence-electron chi connectivity index (χ4n) is 1.32. The molecule has 1 rings (SSSR count). The molecule has 0 spiro atoms. The number of benzene rings is 1. The lowest BCUT2D eigenvalue weighted by Crippen LogP contribution is -2.05. The van der Waals surface area contributed by atoms with E-state index >= 15 is 0 Å². The molecule has 2 nitrogen and oxygen atoms in total. The summed E-state index contributed by atoms with van der Waals surface area (Å²) < 4.78 is 13.4. The summed E-state index contributed by atoms with van der Waals surface area (Å²) in [5.74, 6) is -0.511.